The second-order valence-electron chi connectivity index (χ2n) is 6.16. The van der Waals surface area contributed by atoms with Crippen molar-refractivity contribution in [2.24, 2.45) is 0 Å². The molecular formula is C17H23N3O3S. The number of aromatic nitrogens is 2. The molecule has 0 spiro atoms. The van der Waals surface area contributed by atoms with Crippen LogP contribution in [0.4, 0.5) is 0 Å². The van der Waals surface area contributed by atoms with Crippen molar-refractivity contribution >= 4 is 10.0 Å². The van der Waals surface area contributed by atoms with Gasteiger partial charge in [-0.3, -0.25) is 0 Å². The van der Waals surface area contributed by atoms with Gasteiger partial charge in [-0.1, -0.05) is 48.8 Å². The molecule has 3 rings (SSSR count). The van der Waals surface area contributed by atoms with Gasteiger partial charge in [0.2, 0.25) is 15.9 Å². The van der Waals surface area contributed by atoms with Crippen LogP contribution in [0.2, 0.25) is 0 Å². The average Bonchev–Trinajstić information content (AvgIpc) is 3.04. The molecule has 1 saturated heterocycles. The Bertz CT molecular complexity index is 758. The Hall–Kier alpha value is -1.73. The van der Waals surface area contributed by atoms with E-state index in [1.165, 1.54) is 0 Å². The van der Waals surface area contributed by atoms with Crippen LogP contribution in [-0.2, 0) is 22.2 Å². The molecule has 2 heterocycles. The lowest BCUT2D eigenvalue weighted by Gasteiger charge is -2.32. The normalized spacial score (nSPS) is 19.5. The third kappa shape index (κ3) is 3.84. The molecule has 1 aliphatic heterocycles. The molecule has 1 unspecified atom stereocenters. The summed E-state index contributed by atoms with van der Waals surface area (Å²) in [5.41, 5.74) is 0.791. The first-order valence-electron chi connectivity index (χ1n) is 8.46. The largest absolute Gasteiger partial charge is 0.338 e. The first-order valence-corrected chi connectivity index (χ1v) is 10.1. The van der Waals surface area contributed by atoms with E-state index in [4.69, 9.17) is 4.52 Å². The molecule has 0 amide bonds. The van der Waals surface area contributed by atoms with Gasteiger partial charge in [0, 0.05) is 13.0 Å². The van der Waals surface area contributed by atoms with Gasteiger partial charge in [-0.05, 0) is 24.8 Å². The van der Waals surface area contributed by atoms with Gasteiger partial charge in [0.1, 0.15) is 6.04 Å². The fourth-order valence-corrected chi connectivity index (χ4v) is 4.85. The van der Waals surface area contributed by atoms with E-state index in [0.29, 0.717) is 18.3 Å². The maximum atomic E-state index is 12.9. The monoisotopic (exact) mass is 349 g/mol. The highest BCUT2D eigenvalue weighted by Gasteiger charge is 2.36. The van der Waals surface area contributed by atoms with E-state index in [0.717, 1.165) is 37.7 Å². The third-order valence-corrected chi connectivity index (χ3v) is 6.10. The number of piperidine rings is 1. The zero-order chi connectivity index (χ0) is 17.0. The summed E-state index contributed by atoms with van der Waals surface area (Å²) in [7, 11) is -3.43. The van der Waals surface area contributed by atoms with Crippen molar-refractivity contribution in [2.45, 2.75) is 50.8 Å². The van der Waals surface area contributed by atoms with Gasteiger partial charge >= 0.3 is 0 Å². The van der Waals surface area contributed by atoms with Crippen LogP contribution in [0, 0.1) is 0 Å². The lowest BCUT2D eigenvalue weighted by Crippen LogP contribution is -2.39. The summed E-state index contributed by atoms with van der Waals surface area (Å²) in [6, 6.07) is 8.92. The summed E-state index contributed by atoms with van der Waals surface area (Å²) < 4.78 is 32.7. The van der Waals surface area contributed by atoms with Crippen LogP contribution in [-0.4, -0.2) is 29.4 Å². The standard InChI is InChI=1S/C17H23N3O3S/c1-2-8-16-18-17(23-19-16)15-11-6-7-12-20(15)24(21,22)13-14-9-4-3-5-10-14/h3-5,9-10,15H,2,6-8,11-13H2,1H3. The van der Waals surface area contributed by atoms with Crippen molar-refractivity contribution in [1.29, 1.82) is 0 Å². The molecule has 130 valence electrons. The molecule has 6 nitrogen and oxygen atoms in total. The second kappa shape index (κ2) is 7.44. The van der Waals surface area contributed by atoms with E-state index >= 15 is 0 Å². The smallest absolute Gasteiger partial charge is 0.245 e. The summed E-state index contributed by atoms with van der Waals surface area (Å²) in [6.07, 6.45) is 4.22. The Kier molecular flexibility index (Phi) is 5.30. The Labute approximate surface area is 142 Å². The van der Waals surface area contributed by atoms with Crippen LogP contribution < -0.4 is 0 Å². The number of benzene rings is 1. The quantitative estimate of drug-likeness (QED) is 0.801. The molecule has 0 N–H and O–H groups in total. The molecule has 1 aliphatic rings. The van der Waals surface area contributed by atoms with E-state index in [1.807, 2.05) is 37.3 Å². The topological polar surface area (TPSA) is 76.3 Å². The van der Waals surface area contributed by atoms with Crippen LogP contribution in [0.1, 0.15) is 55.9 Å². The molecule has 0 radical (unpaired) electrons. The van der Waals surface area contributed by atoms with Gasteiger partial charge in [-0.25, -0.2) is 8.42 Å². The van der Waals surface area contributed by atoms with Crippen LogP contribution in [0.15, 0.2) is 34.9 Å². The van der Waals surface area contributed by atoms with E-state index in [1.54, 1.807) is 4.31 Å². The Morgan fingerprint density at radius 1 is 1.25 bits per heavy atom. The number of rotatable bonds is 6. The van der Waals surface area contributed by atoms with E-state index in [-0.39, 0.29) is 11.8 Å². The fourth-order valence-electron chi connectivity index (χ4n) is 3.08. The summed E-state index contributed by atoms with van der Waals surface area (Å²) in [5, 5.41) is 3.97. The first-order chi connectivity index (χ1) is 11.6. The predicted octanol–water partition coefficient (Wildman–Crippen LogP) is 3.08. The molecule has 2 aromatic rings. The van der Waals surface area contributed by atoms with Crippen LogP contribution in [0.3, 0.4) is 0 Å². The Morgan fingerprint density at radius 2 is 2.04 bits per heavy atom. The molecule has 0 bridgehead atoms. The molecular weight excluding hydrogens is 326 g/mol. The average molecular weight is 349 g/mol. The zero-order valence-corrected chi connectivity index (χ0v) is 14.7. The number of hydrogen-bond acceptors (Lipinski definition) is 5. The third-order valence-electron chi connectivity index (χ3n) is 4.25. The second-order valence-corrected chi connectivity index (χ2v) is 8.08. The lowest BCUT2D eigenvalue weighted by molar-refractivity contribution is 0.204. The van der Waals surface area contributed by atoms with Crippen LogP contribution >= 0.6 is 0 Å². The maximum Gasteiger partial charge on any atom is 0.245 e. The Balaban J connectivity index is 1.83. The predicted molar refractivity (Wildman–Crippen MR) is 90.7 cm³/mol. The van der Waals surface area contributed by atoms with Gasteiger partial charge in [0.25, 0.3) is 0 Å². The van der Waals surface area contributed by atoms with E-state index < -0.39 is 10.0 Å². The maximum absolute atomic E-state index is 12.9. The van der Waals surface area contributed by atoms with Gasteiger partial charge in [-0.15, -0.1) is 0 Å². The first kappa shape index (κ1) is 17.1. The zero-order valence-electron chi connectivity index (χ0n) is 13.9. The molecule has 0 saturated carbocycles. The van der Waals surface area contributed by atoms with Gasteiger partial charge in [0.05, 0.1) is 5.75 Å². The number of hydrogen-bond donors (Lipinski definition) is 0. The van der Waals surface area contributed by atoms with Gasteiger partial charge < -0.3 is 4.52 Å². The molecule has 1 aromatic heterocycles. The molecule has 1 aromatic carbocycles. The molecule has 24 heavy (non-hydrogen) atoms. The highest BCUT2D eigenvalue weighted by atomic mass is 32.2. The summed E-state index contributed by atoms with van der Waals surface area (Å²) in [4.78, 5) is 4.41. The number of sulfonamides is 1. The molecule has 1 fully saturated rings. The molecule has 0 aliphatic carbocycles. The van der Waals surface area contributed by atoms with Gasteiger partial charge in [0.15, 0.2) is 5.82 Å². The minimum Gasteiger partial charge on any atom is -0.338 e. The molecule has 1 atom stereocenters. The molecule has 7 heteroatoms. The van der Waals surface area contributed by atoms with Crippen molar-refractivity contribution < 1.29 is 12.9 Å². The fraction of sp³-hybridized carbons (Fsp3) is 0.529. The lowest BCUT2D eigenvalue weighted by atomic mass is 10.1. The highest BCUT2D eigenvalue weighted by Crippen LogP contribution is 2.33. The van der Waals surface area contributed by atoms with Crippen molar-refractivity contribution in [3.63, 3.8) is 0 Å². The van der Waals surface area contributed by atoms with Crippen molar-refractivity contribution in [3.05, 3.63) is 47.6 Å². The van der Waals surface area contributed by atoms with Crippen LogP contribution in [0.25, 0.3) is 0 Å². The minimum atomic E-state index is -3.43. The summed E-state index contributed by atoms with van der Waals surface area (Å²) in [5.74, 6) is 1.08. The SMILES string of the molecule is CCCc1noc(C2CCCCN2S(=O)(=O)Cc2ccccc2)n1. The van der Waals surface area contributed by atoms with Crippen molar-refractivity contribution in [1.82, 2.24) is 14.4 Å². The van der Waals surface area contributed by atoms with Crippen molar-refractivity contribution in [3.8, 4) is 0 Å². The van der Waals surface area contributed by atoms with Crippen LogP contribution in [0.5, 0.6) is 0 Å². The summed E-state index contributed by atoms with van der Waals surface area (Å²) >= 11 is 0. The highest BCUT2D eigenvalue weighted by molar-refractivity contribution is 7.88. The minimum absolute atomic E-state index is 0.000292. The van der Waals surface area contributed by atoms with Crippen molar-refractivity contribution in [2.75, 3.05) is 6.54 Å². The van der Waals surface area contributed by atoms with E-state index in [2.05, 4.69) is 10.1 Å². The number of aryl methyl sites for hydroxylation is 1. The van der Waals surface area contributed by atoms with Gasteiger partial charge in [-0.2, -0.15) is 9.29 Å². The number of nitrogens with zero attached hydrogens (tertiary/aromatic N) is 3. The van der Waals surface area contributed by atoms with E-state index in [9.17, 15) is 8.42 Å². The summed E-state index contributed by atoms with van der Waals surface area (Å²) in [6.45, 7) is 2.55. The Morgan fingerprint density at radius 3 is 2.79 bits per heavy atom.